The summed E-state index contributed by atoms with van der Waals surface area (Å²) >= 11 is 0. The fourth-order valence-electron chi connectivity index (χ4n) is 2.09. The quantitative estimate of drug-likeness (QED) is 0.721. The van der Waals surface area contributed by atoms with Gasteiger partial charge in [-0.25, -0.2) is 4.85 Å². The first-order valence-corrected chi connectivity index (χ1v) is 6.42. The molecule has 0 bridgehead atoms. The van der Waals surface area contributed by atoms with Crippen LogP contribution in [0, 0.1) is 6.57 Å². The second kappa shape index (κ2) is 4.06. The normalized spacial score (nSPS) is 12.7. The molecule has 1 N–H and O–H groups in total. The van der Waals surface area contributed by atoms with Crippen LogP contribution in [0.3, 0.4) is 0 Å². The number of nitrogens with zero attached hydrogens (tertiary/aromatic N) is 3. The molecule has 0 aliphatic rings. The van der Waals surface area contributed by atoms with Gasteiger partial charge in [-0.05, 0) is 11.5 Å². The third kappa shape index (κ3) is 2.33. The van der Waals surface area contributed by atoms with Crippen LogP contribution in [0.5, 0.6) is 0 Å². The van der Waals surface area contributed by atoms with Crippen molar-refractivity contribution in [1.29, 1.82) is 0 Å². The molecular weight excluding hydrogens is 236 g/mol. The summed E-state index contributed by atoms with van der Waals surface area (Å²) in [5, 5.41) is 7.35. The Hall–Kier alpha value is -1.89. The minimum atomic E-state index is -0.152. The van der Waals surface area contributed by atoms with Gasteiger partial charge in [0, 0.05) is 5.41 Å². The Morgan fingerprint density at radius 1 is 1.11 bits per heavy atom. The highest BCUT2D eigenvalue weighted by molar-refractivity contribution is 5.82. The smallest absolute Gasteiger partial charge is 0.211 e. The van der Waals surface area contributed by atoms with Gasteiger partial charge in [0.1, 0.15) is 11.0 Å². The lowest BCUT2D eigenvalue weighted by Crippen LogP contribution is -2.16. The molecule has 2 heterocycles. The fourth-order valence-corrected chi connectivity index (χ4v) is 2.09. The lowest BCUT2D eigenvalue weighted by atomic mass is 9.88. The van der Waals surface area contributed by atoms with E-state index in [2.05, 4.69) is 56.6 Å². The average Bonchev–Trinajstić information content (AvgIpc) is 2.68. The molecule has 100 valence electrons. The number of pyridine rings is 1. The van der Waals surface area contributed by atoms with E-state index in [9.17, 15) is 0 Å². The molecule has 0 aromatic carbocycles. The zero-order chi connectivity index (χ0) is 14.4. The van der Waals surface area contributed by atoms with Crippen molar-refractivity contribution in [2.45, 2.75) is 52.4 Å². The van der Waals surface area contributed by atoms with Crippen molar-refractivity contribution in [2.75, 3.05) is 0 Å². The van der Waals surface area contributed by atoms with E-state index in [4.69, 9.17) is 11.6 Å². The Morgan fingerprint density at radius 2 is 1.74 bits per heavy atom. The van der Waals surface area contributed by atoms with E-state index in [-0.39, 0.29) is 10.8 Å². The Balaban J connectivity index is 2.81. The van der Waals surface area contributed by atoms with Gasteiger partial charge in [0.05, 0.1) is 18.0 Å². The lowest BCUT2D eigenvalue weighted by Gasteiger charge is -2.21. The van der Waals surface area contributed by atoms with Crippen LogP contribution in [0.15, 0.2) is 6.07 Å². The summed E-state index contributed by atoms with van der Waals surface area (Å²) in [4.78, 5) is 8.33. The number of rotatable bonds is 0. The van der Waals surface area contributed by atoms with Crippen molar-refractivity contribution in [1.82, 2.24) is 15.2 Å². The largest absolute Gasteiger partial charge is 0.279 e. The summed E-state index contributed by atoms with van der Waals surface area (Å²) in [6.45, 7) is 19.9. The fraction of sp³-hybridized carbons (Fsp3) is 0.533. The van der Waals surface area contributed by atoms with Crippen molar-refractivity contribution in [3.63, 3.8) is 0 Å². The summed E-state index contributed by atoms with van der Waals surface area (Å²) < 4.78 is 0. The second-order valence-corrected chi connectivity index (χ2v) is 6.93. The molecule has 4 heteroatoms. The number of aromatic nitrogens is 3. The highest BCUT2D eigenvalue weighted by atomic mass is 15.1. The minimum Gasteiger partial charge on any atom is -0.279 e. The minimum absolute atomic E-state index is 0.0451. The lowest BCUT2D eigenvalue weighted by molar-refractivity contribution is 0.563. The SMILES string of the molecule is [C-]#[N+]c1cc2n[nH]c(C(C)(C)C)c2nc1C(C)(C)C. The predicted molar refractivity (Wildman–Crippen MR) is 77.6 cm³/mol. The molecule has 0 atom stereocenters. The molecular formula is C15H20N4. The van der Waals surface area contributed by atoms with Gasteiger partial charge in [0.2, 0.25) is 5.69 Å². The van der Waals surface area contributed by atoms with Gasteiger partial charge in [0.15, 0.2) is 0 Å². The van der Waals surface area contributed by atoms with Crippen LogP contribution < -0.4 is 0 Å². The molecule has 0 saturated heterocycles. The molecule has 19 heavy (non-hydrogen) atoms. The maximum atomic E-state index is 7.32. The Morgan fingerprint density at radius 3 is 2.21 bits per heavy atom. The van der Waals surface area contributed by atoms with Gasteiger partial charge in [-0.15, -0.1) is 0 Å². The third-order valence-electron chi connectivity index (χ3n) is 3.09. The van der Waals surface area contributed by atoms with Crippen molar-refractivity contribution in [2.24, 2.45) is 0 Å². The Labute approximate surface area is 114 Å². The van der Waals surface area contributed by atoms with Crippen LogP contribution in [-0.2, 0) is 10.8 Å². The zero-order valence-corrected chi connectivity index (χ0v) is 12.4. The summed E-state index contributed by atoms with van der Waals surface area (Å²) in [6.07, 6.45) is 0. The molecule has 0 aliphatic carbocycles. The van der Waals surface area contributed by atoms with Crippen LogP contribution in [0.2, 0.25) is 0 Å². The van der Waals surface area contributed by atoms with Crippen LogP contribution in [0.4, 0.5) is 5.69 Å². The molecule has 0 radical (unpaired) electrons. The van der Waals surface area contributed by atoms with Gasteiger partial charge in [0.25, 0.3) is 0 Å². The maximum absolute atomic E-state index is 7.32. The Kier molecular flexibility index (Phi) is 2.89. The first-order chi connectivity index (χ1) is 8.64. The van der Waals surface area contributed by atoms with E-state index in [0.29, 0.717) is 5.69 Å². The summed E-state index contributed by atoms with van der Waals surface area (Å²) in [6, 6.07) is 1.83. The summed E-state index contributed by atoms with van der Waals surface area (Å²) in [5.74, 6) is 0. The van der Waals surface area contributed by atoms with Crippen molar-refractivity contribution in [3.05, 3.63) is 28.9 Å². The second-order valence-electron chi connectivity index (χ2n) is 6.93. The van der Waals surface area contributed by atoms with Crippen LogP contribution in [0.1, 0.15) is 52.9 Å². The monoisotopic (exact) mass is 256 g/mol. The molecule has 2 aromatic heterocycles. The Bertz CT molecular complexity index is 660. The van der Waals surface area contributed by atoms with Gasteiger partial charge < -0.3 is 0 Å². The van der Waals surface area contributed by atoms with E-state index in [0.717, 1.165) is 22.4 Å². The van der Waals surface area contributed by atoms with Crippen LogP contribution in [-0.4, -0.2) is 15.2 Å². The number of H-pyrrole nitrogens is 1. The molecule has 0 saturated carbocycles. The standard InChI is InChI=1S/C15H20N4/c1-14(2,3)12-10(16-7)8-9-11(17-12)13(19-18-9)15(4,5)6/h8H,1-6H3,(H,18,19). The van der Waals surface area contributed by atoms with E-state index < -0.39 is 0 Å². The van der Waals surface area contributed by atoms with Crippen molar-refractivity contribution < 1.29 is 0 Å². The first kappa shape index (κ1) is 13.5. The number of hydrogen-bond acceptors (Lipinski definition) is 2. The highest BCUT2D eigenvalue weighted by Crippen LogP contribution is 2.35. The molecule has 0 amide bonds. The van der Waals surface area contributed by atoms with Crippen LogP contribution >= 0.6 is 0 Å². The molecule has 0 unspecified atom stereocenters. The molecule has 2 aromatic rings. The molecule has 4 nitrogen and oxygen atoms in total. The van der Waals surface area contributed by atoms with Crippen molar-refractivity contribution in [3.8, 4) is 0 Å². The molecule has 0 aliphatic heterocycles. The molecule has 0 spiro atoms. The number of nitrogens with one attached hydrogen (secondary N) is 1. The van der Waals surface area contributed by atoms with E-state index in [1.807, 2.05) is 6.07 Å². The summed E-state index contributed by atoms with van der Waals surface area (Å²) in [7, 11) is 0. The maximum Gasteiger partial charge on any atom is 0.211 e. The van der Waals surface area contributed by atoms with Gasteiger partial charge in [-0.1, -0.05) is 41.5 Å². The van der Waals surface area contributed by atoms with E-state index in [1.54, 1.807) is 0 Å². The van der Waals surface area contributed by atoms with E-state index in [1.165, 1.54) is 0 Å². The number of fused-ring (bicyclic) bond motifs is 1. The first-order valence-electron chi connectivity index (χ1n) is 6.42. The van der Waals surface area contributed by atoms with Gasteiger partial charge >= 0.3 is 0 Å². The van der Waals surface area contributed by atoms with Crippen LogP contribution in [0.25, 0.3) is 15.9 Å². The van der Waals surface area contributed by atoms with Gasteiger partial charge in [-0.2, -0.15) is 5.10 Å². The number of hydrogen-bond donors (Lipinski definition) is 1. The highest BCUT2D eigenvalue weighted by Gasteiger charge is 2.25. The van der Waals surface area contributed by atoms with Gasteiger partial charge in [-0.3, -0.25) is 10.1 Å². The van der Waals surface area contributed by atoms with E-state index >= 15 is 0 Å². The third-order valence-corrected chi connectivity index (χ3v) is 3.09. The topological polar surface area (TPSA) is 45.9 Å². The number of aromatic amines is 1. The molecule has 2 rings (SSSR count). The zero-order valence-electron chi connectivity index (χ0n) is 12.4. The van der Waals surface area contributed by atoms with Crippen molar-refractivity contribution >= 4 is 16.7 Å². The molecule has 0 fully saturated rings. The summed E-state index contributed by atoms with van der Waals surface area (Å²) in [5.41, 5.74) is 3.89. The predicted octanol–water partition coefficient (Wildman–Crippen LogP) is 4.10. The average molecular weight is 256 g/mol.